The van der Waals surface area contributed by atoms with E-state index in [-0.39, 0.29) is 12.3 Å². The SMILES string of the molecule is C[C@H](NC(=O)Cc1csc(-c2ccc(Cl)cc2)n1)C(=O)O. The summed E-state index contributed by atoms with van der Waals surface area (Å²) in [5.74, 6) is -1.43. The molecule has 5 nitrogen and oxygen atoms in total. The molecule has 0 fully saturated rings. The number of nitrogens with one attached hydrogen (secondary N) is 1. The van der Waals surface area contributed by atoms with Gasteiger partial charge in [-0.1, -0.05) is 23.7 Å². The Bertz CT molecular complexity index is 654. The number of aliphatic carboxylic acids is 1. The number of carbonyl (C=O) groups excluding carboxylic acids is 1. The number of hydrogen-bond donors (Lipinski definition) is 2. The van der Waals surface area contributed by atoms with Gasteiger partial charge in [-0.05, 0) is 19.1 Å². The van der Waals surface area contributed by atoms with Crippen molar-refractivity contribution in [2.45, 2.75) is 19.4 Å². The van der Waals surface area contributed by atoms with E-state index in [4.69, 9.17) is 16.7 Å². The van der Waals surface area contributed by atoms with Gasteiger partial charge in [-0.2, -0.15) is 0 Å². The Balaban J connectivity index is 2.01. The third-order valence-electron chi connectivity index (χ3n) is 2.73. The molecule has 2 N–H and O–H groups in total. The van der Waals surface area contributed by atoms with Crippen LogP contribution in [0.4, 0.5) is 0 Å². The molecule has 1 amide bonds. The molecule has 0 spiro atoms. The molecule has 0 saturated carbocycles. The number of halogens is 1. The maximum atomic E-state index is 11.7. The lowest BCUT2D eigenvalue weighted by molar-refractivity contribution is -0.141. The second-order valence-electron chi connectivity index (χ2n) is 4.46. The van der Waals surface area contributed by atoms with E-state index in [2.05, 4.69) is 10.3 Å². The van der Waals surface area contributed by atoms with Crippen LogP contribution in [0.3, 0.4) is 0 Å². The molecule has 0 aliphatic carbocycles. The maximum absolute atomic E-state index is 11.7. The van der Waals surface area contributed by atoms with Crippen molar-refractivity contribution in [3.8, 4) is 10.6 Å². The monoisotopic (exact) mass is 324 g/mol. The highest BCUT2D eigenvalue weighted by Gasteiger charge is 2.15. The standard InChI is InChI=1S/C14H13ClN2O3S/c1-8(14(19)20)16-12(18)6-11-7-21-13(17-11)9-2-4-10(15)5-3-9/h2-5,7-8H,6H2,1H3,(H,16,18)(H,19,20)/t8-/m0/s1. The molecule has 0 saturated heterocycles. The number of aromatic nitrogens is 1. The molecule has 2 aromatic rings. The number of benzene rings is 1. The quantitative estimate of drug-likeness (QED) is 0.886. The third-order valence-corrected chi connectivity index (χ3v) is 3.92. The van der Waals surface area contributed by atoms with Crippen molar-refractivity contribution < 1.29 is 14.7 Å². The van der Waals surface area contributed by atoms with Crippen molar-refractivity contribution in [2.24, 2.45) is 0 Å². The Morgan fingerprint density at radius 3 is 2.67 bits per heavy atom. The first-order valence-corrected chi connectivity index (χ1v) is 7.44. The lowest BCUT2D eigenvalue weighted by Crippen LogP contribution is -2.39. The molecule has 0 aliphatic rings. The summed E-state index contributed by atoms with van der Waals surface area (Å²) in [5, 5.41) is 14.4. The molecule has 1 atom stereocenters. The molecule has 2 rings (SSSR count). The average molecular weight is 325 g/mol. The molecule has 110 valence electrons. The first-order valence-electron chi connectivity index (χ1n) is 6.18. The van der Waals surface area contributed by atoms with Gasteiger partial charge in [-0.25, -0.2) is 4.98 Å². The summed E-state index contributed by atoms with van der Waals surface area (Å²) in [4.78, 5) is 26.7. The van der Waals surface area contributed by atoms with E-state index in [9.17, 15) is 9.59 Å². The molecule has 21 heavy (non-hydrogen) atoms. The fraction of sp³-hybridized carbons (Fsp3) is 0.214. The van der Waals surface area contributed by atoms with Crippen LogP contribution in [0.5, 0.6) is 0 Å². The molecular formula is C14H13ClN2O3S. The van der Waals surface area contributed by atoms with Crippen molar-refractivity contribution >= 4 is 34.8 Å². The number of thiazole rings is 1. The summed E-state index contributed by atoms with van der Waals surface area (Å²) in [7, 11) is 0. The predicted octanol–water partition coefficient (Wildman–Crippen LogP) is 2.60. The fourth-order valence-electron chi connectivity index (χ4n) is 1.63. The molecule has 7 heteroatoms. The summed E-state index contributed by atoms with van der Waals surface area (Å²) in [6, 6.07) is 6.36. The first-order chi connectivity index (χ1) is 9.95. The predicted molar refractivity (Wildman–Crippen MR) is 81.5 cm³/mol. The minimum absolute atomic E-state index is 0.0573. The first kappa shape index (κ1) is 15.5. The smallest absolute Gasteiger partial charge is 0.325 e. The molecule has 0 radical (unpaired) electrons. The van der Waals surface area contributed by atoms with E-state index in [1.807, 2.05) is 12.1 Å². The number of hydrogen-bond acceptors (Lipinski definition) is 4. The summed E-state index contributed by atoms with van der Waals surface area (Å²) in [5.41, 5.74) is 1.54. The normalized spacial score (nSPS) is 11.9. The van der Waals surface area contributed by atoms with Crippen molar-refractivity contribution in [1.82, 2.24) is 10.3 Å². The van der Waals surface area contributed by atoms with Crippen molar-refractivity contribution in [3.05, 3.63) is 40.4 Å². The molecular weight excluding hydrogens is 312 g/mol. The average Bonchev–Trinajstić information content (AvgIpc) is 2.87. The maximum Gasteiger partial charge on any atom is 0.325 e. The lowest BCUT2D eigenvalue weighted by Gasteiger charge is -2.07. The number of amides is 1. The Morgan fingerprint density at radius 2 is 2.05 bits per heavy atom. The van der Waals surface area contributed by atoms with Crippen molar-refractivity contribution in [2.75, 3.05) is 0 Å². The fourth-order valence-corrected chi connectivity index (χ4v) is 2.58. The Labute approximate surface area is 130 Å². The topological polar surface area (TPSA) is 79.3 Å². The van der Waals surface area contributed by atoms with Crippen LogP contribution >= 0.6 is 22.9 Å². The van der Waals surface area contributed by atoms with Gasteiger partial charge in [0.15, 0.2) is 0 Å². The van der Waals surface area contributed by atoms with Gasteiger partial charge in [0, 0.05) is 16.0 Å². The highest BCUT2D eigenvalue weighted by atomic mass is 35.5. The van der Waals surface area contributed by atoms with Gasteiger partial charge < -0.3 is 10.4 Å². The largest absolute Gasteiger partial charge is 0.480 e. The molecule has 0 unspecified atom stereocenters. The van der Waals surface area contributed by atoms with Crippen molar-refractivity contribution in [1.29, 1.82) is 0 Å². The second kappa shape index (κ2) is 6.69. The molecule has 0 aliphatic heterocycles. The van der Waals surface area contributed by atoms with Gasteiger partial charge in [-0.3, -0.25) is 9.59 Å². The van der Waals surface area contributed by atoms with E-state index in [0.29, 0.717) is 10.7 Å². The van der Waals surface area contributed by atoms with Crippen LogP contribution in [0.1, 0.15) is 12.6 Å². The van der Waals surface area contributed by atoms with Crippen LogP contribution in [0.25, 0.3) is 10.6 Å². The number of carboxylic acids is 1. The van der Waals surface area contributed by atoms with Crippen LogP contribution in [-0.4, -0.2) is 28.0 Å². The zero-order valence-electron chi connectivity index (χ0n) is 11.2. The molecule has 0 bridgehead atoms. The van der Waals surface area contributed by atoms with Crippen LogP contribution in [-0.2, 0) is 16.0 Å². The van der Waals surface area contributed by atoms with E-state index in [1.165, 1.54) is 18.3 Å². The van der Waals surface area contributed by atoms with Crippen LogP contribution in [0.15, 0.2) is 29.6 Å². The van der Waals surface area contributed by atoms with Crippen LogP contribution in [0, 0.1) is 0 Å². The minimum Gasteiger partial charge on any atom is -0.480 e. The van der Waals surface area contributed by atoms with Gasteiger partial charge in [0.05, 0.1) is 12.1 Å². The summed E-state index contributed by atoms with van der Waals surface area (Å²) in [6.45, 7) is 1.42. The number of rotatable bonds is 5. The molecule has 1 aromatic heterocycles. The second-order valence-corrected chi connectivity index (χ2v) is 5.75. The van der Waals surface area contributed by atoms with Gasteiger partial charge in [0.25, 0.3) is 0 Å². The van der Waals surface area contributed by atoms with Gasteiger partial charge >= 0.3 is 5.97 Å². The molecule has 1 heterocycles. The number of carbonyl (C=O) groups is 2. The van der Waals surface area contributed by atoms with Gasteiger partial charge in [0.2, 0.25) is 5.91 Å². The Hall–Kier alpha value is -1.92. The summed E-state index contributed by atoms with van der Waals surface area (Å²) < 4.78 is 0. The number of nitrogens with zero attached hydrogens (tertiary/aromatic N) is 1. The van der Waals surface area contributed by atoms with Gasteiger partial charge in [-0.15, -0.1) is 11.3 Å². The Morgan fingerprint density at radius 1 is 1.38 bits per heavy atom. The molecule has 1 aromatic carbocycles. The van der Waals surface area contributed by atoms with Gasteiger partial charge in [0.1, 0.15) is 11.0 Å². The Kier molecular flexibility index (Phi) is 4.93. The zero-order valence-corrected chi connectivity index (χ0v) is 12.7. The number of carboxylic acid groups (broad SMARTS) is 1. The highest BCUT2D eigenvalue weighted by Crippen LogP contribution is 2.25. The third kappa shape index (κ3) is 4.27. The van der Waals surface area contributed by atoms with E-state index in [0.717, 1.165) is 10.6 Å². The van der Waals surface area contributed by atoms with Crippen molar-refractivity contribution in [3.63, 3.8) is 0 Å². The van der Waals surface area contributed by atoms with Crippen LogP contribution in [0.2, 0.25) is 5.02 Å². The van der Waals surface area contributed by atoms with E-state index < -0.39 is 12.0 Å². The summed E-state index contributed by atoms with van der Waals surface area (Å²) in [6.07, 6.45) is 0.0573. The zero-order chi connectivity index (χ0) is 15.4. The highest BCUT2D eigenvalue weighted by molar-refractivity contribution is 7.13. The van der Waals surface area contributed by atoms with Crippen LogP contribution < -0.4 is 5.32 Å². The minimum atomic E-state index is -1.07. The lowest BCUT2D eigenvalue weighted by atomic mass is 10.2. The van der Waals surface area contributed by atoms with E-state index in [1.54, 1.807) is 17.5 Å². The van der Waals surface area contributed by atoms with E-state index >= 15 is 0 Å². The summed E-state index contributed by atoms with van der Waals surface area (Å²) >= 11 is 7.25.